The van der Waals surface area contributed by atoms with Crippen LogP contribution in [0.5, 0.6) is 0 Å². The van der Waals surface area contributed by atoms with Crippen molar-refractivity contribution in [3.05, 3.63) is 106 Å². The lowest BCUT2D eigenvalue weighted by Crippen LogP contribution is -2.25. The normalized spacial score (nSPS) is 11.2. The van der Waals surface area contributed by atoms with Crippen LogP contribution < -0.4 is 5.69 Å². The van der Waals surface area contributed by atoms with Crippen molar-refractivity contribution in [2.24, 2.45) is 0 Å². The topological polar surface area (TPSA) is 81.4 Å². The largest absolute Gasteiger partial charge is 0.333 e. The van der Waals surface area contributed by atoms with E-state index in [0.717, 1.165) is 65.7 Å². The van der Waals surface area contributed by atoms with Gasteiger partial charge in [-0.1, -0.05) is 93.4 Å². The number of hydrogen-bond acceptors (Lipinski definition) is 4. The van der Waals surface area contributed by atoms with Crippen LogP contribution in [-0.4, -0.2) is 29.8 Å². The van der Waals surface area contributed by atoms with Gasteiger partial charge in [-0.05, 0) is 58.0 Å². The van der Waals surface area contributed by atoms with E-state index in [1.807, 2.05) is 45.7 Å². The zero-order chi connectivity index (χ0) is 25.6. The maximum absolute atomic E-state index is 13.7. The van der Waals surface area contributed by atoms with E-state index in [1.54, 1.807) is 0 Å². The Balaban J connectivity index is 1.48. The van der Waals surface area contributed by atoms with Gasteiger partial charge in [0, 0.05) is 17.5 Å². The summed E-state index contributed by atoms with van der Waals surface area (Å²) in [5.74, 6) is 0.636. The SMILES string of the molecule is CCCCc1cn(-c2ccccc2CCC)c(=O)n1Cc1ccc(-c2ccccc2-c2nnn[nH]2)cc1. The van der Waals surface area contributed by atoms with Crippen LogP contribution in [0.2, 0.25) is 0 Å². The van der Waals surface area contributed by atoms with Gasteiger partial charge in [0.1, 0.15) is 0 Å². The second-order valence-corrected chi connectivity index (χ2v) is 9.33. The van der Waals surface area contributed by atoms with Crippen LogP contribution in [0.25, 0.3) is 28.2 Å². The number of nitrogens with zero attached hydrogens (tertiary/aromatic N) is 5. The van der Waals surface area contributed by atoms with Gasteiger partial charge < -0.3 is 0 Å². The number of aromatic amines is 1. The first-order valence-corrected chi connectivity index (χ1v) is 13.0. The highest BCUT2D eigenvalue weighted by Gasteiger charge is 2.15. The number of rotatable bonds is 10. The summed E-state index contributed by atoms with van der Waals surface area (Å²) in [4.78, 5) is 13.7. The Labute approximate surface area is 216 Å². The number of H-pyrrole nitrogens is 1. The number of nitrogens with one attached hydrogen (secondary N) is 1. The van der Waals surface area contributed by atoms with Gasteiger partial charge in [0.15, 0.2) is 5.82 Å². The minimum atomic E-state index is 0.0156. The third kappa shape index (κ3) is 5.16. The van der Waals surface area contributed by atoms with Crippen molar-refractivity contribution in [1.29, 1.82) is 0 Å². The lowest BCUT2D eigenvalue weighted by atomic mass is 9.98. The van der Waals surface area contributed by atoms with E-state index in [0.29, 0.717) is 12.4 Å². The molecule has 7 nitrogen and oxygen atoms in total. The van der Waals surface area contributed by atoms with Crippen molar-refractivity contribution in [3.63, 3.8) is 0 Å². The minimum Gasteiger partial charge on any atom is -0.292 e. The molecule has 0 aliphatic rings. The van der Waals surface area contributed by atoms with Gasteiger partial charge in [0.25, 0.3) is 0 Å². The summed E-state index contributed by atoms with van der Waals surface area (Å²) in [6, 6.07) is 24.7. The molecule has 0 aliphatic carbocycles. The van der Waals surface area contributed by atoms with Crippen LogP contribution in [0.1, 0.15) is 49.9 Å². The van der Waals surface area contributed by atoms with E-state index in [9.17, 15) is 4.79 Å². The molecule has 0 aliphatic heterocycles. The van der Waals surface area contributed by atoms with Gasteiger partial charge in [0.2, 0.25) is 0 Å². The molecule has 1 N–H and O–H groups in total. The van der Waals surface area contributed by atoms with Crippen molar-refractivity contribution < 1.29 is 0 Å². The molecule has 3 aromatic carbocycles. The summed E-state index contributed by atoms with van der Waals surface area (Å²) in [7, 11) is 0. The number of aryl methyl sites for hydroxylation is 2. The number of benzene rings is 3. The number of hydrogen-bond donors (Lipinski definition) is 1. The molecule has 0 bridgehead atoms. The second-order valence-electron chi connectivity index (χ2n) is 9.33. The standard InChI is InChI=1S/C30H32N6O/c1-3-5-12-25-21-36(28-15-9-6-11-24(28)10-4-2)30(37)35(25)20-22-16-18-23(19-17-22)26-13-7-8-14-27(26)29-31-33-34-32-29/h6-9,11,13-19,21H,3-5,10,12,20H2,1-2H3,(H,31,32,33,34). The molecule has 5 rings (SSSR count). The van der Waals surface area contributed by atoms with E-state index in [4.69, 9.17) is 0 Å². The average Bonchev–Trinajstić information content (AvgIpc) is 3.58. The number of aromatic nitrogens is 6. The van der Waals surface area contributed by atoms with E-state index < -0.39 is 0 Å². The van der Waals surface area contributed by atoms with Crippen LogP contribution in [0, 0.1) is 0 Å². The van der Waals surface area contributed by atoms with E-state index in [1.165, 1.54) is 5.56 Å². The van der Waals surface area contributed by atoms with Crippen LogP contribution in [0.4, 0.5) is 0 Å². The third-order valence-electron chi connectivity index (χ3n) is 6.75. The first kappa shape index (κ1) is 24.4. The molecule has 0 saturated carbocycles. The zero-order valence-electron chi connectivity index (χ0n) is 21.4. The summed E-state index contributed by atoms with van der Waals surface area (Å²) >= 11 is 0. The number of unbranched alkanes of at least 4 members (excludes halogenated alkanes) is 1. The Morgan fingerprint density at radius 3 is 2.32 bits per heavy atom. The number of imidazole rings is 1. The Hall–Kier alpha value is -4.26. The van der Waals surface area contributed by atoms with Crippen LogP contribution >= 0.6 is 0 Å². The summed E-state index contributed by atoms with van der Waals surface area (Å²) in [6.07, 6.45) is 7.05. The monoisotopic (exact) mass is 492 g/mol. The molecule has 2 heterocycles. The van der Waals surface area contributed by atoms with Crippen molar-refractivity contribution >= 4 is 0 Å². The maximum Gasteiger partial charge on any atom is 0.333 e. The fraction of sp³-hybridized carbons (Fsp3) is 0.267. The molecule has 0 atom stereocenters. The number of para-hydroxylation sites is 1. The summed E-state index contributed by atoms with van der Waals surface area (Å²) in [6.45, 7) is 4.89. The third-order valence-corrected chi connectivity index (χ3v) is 6.75. The molecule has 0 fully saturated rings. The Kier molecular flexibility index (Phi) is 7.40. The predicted octanol–water partition coefficient (Wildman–Crippen LogP) is 5.83. The van der Waals surface area contributed by atoms with Gasteiger partial charge >= 0.3 is 5.69 Å². The summed E-state index contributed by atoms with van der Waals surface area (Å²) < 4.78 is 3.77. The fourth-order valence-corrected chi connectivity index (χ4v) is 4.84. The molecule has 0 amide bonds. The highest BCUT2D eigenvalue weighted by molar-refractivity contribution is 5.80. The van der Waals surface area contributed by atoms with E-state index >= 15 is 0 Å². The predicted molar refractivity (Wildman–Crippen MR) is 147 cm³/mol. The molecule has 2 aromatic heterocycles. The smallest absolute Gasteiger partial charge is 0.292 e. The van der Waals surface area contributed by atoms with Gasteiger partial charge in [-0.3, -0.25) is 9.13 Å². The molecule has 188 valence electrons. The lowest BCUT2D eigenvalue weighted by molar-refractivity contribution is 0.673. The summed E-state index contributed by atoms with van der Waals surface area (Å²) in [5.41, 5.74) is 7.43. The van der Waals surface area contributed by atoms with E-state index in [-0.39, 0.29) is 5.69 Å². The van der Waals surface area contributed by atoms with Crippen LogP contribution in [0.15, 0.2) is 83.8 Å². The van der Waals surface area contributed by atoms with Crippen molar-refractivity contribution in [3.8, 4) is 28.2 Å². The van der Waals surface area contributed by atoms with Crippen LogP contribution in [-0.2, 0) is 19.4 Å². The number of tetrazole rings is 1. The molecular formula is C30H32N6O. The van der Waals surface area contributed by atoms with Gasteiger partial charge in [0.05, 0.1) is 12.2 Å². The van der Waals surface area contributed by atoms with Gasteiger partial charge in [-0.2, -0.15) is 0 Å². The molecule has 0 radical (unpaired) electrons. The molecule has 5 aromatic rings. The minimum absolute atomic E-state index is 0.0156. The molecule has 0 spiro atoms. The average molecular weight is 493 g/mol. The molecule has 0 saturated heterocycles. The Morgan fingerprint density at radius 2 is 1.59 bits per heavy atom. The zero-order valence-corrected chi connectivity index (χ0v) is 21.4. The highest BCUT2D eigenvalue weighted by atomic mass is 16.1. The first-order valence-electron chi connectivity index (χ1n) is 13.0. The van der Waals surface area contributed by atoms with Crippen molar-refractivity contribution in [2.45, 2.75) is 52.5 Å². The first-order chi connectivity index (χ1) is 18.2. The van der Waals surface area contributed by atoms with E-state index in [2.05, 4.69) is 76.9 Å². The van der Waals surface area contributed by atoms with Gasteiger partial charge in [-0.25, -0.2) is 9.89 Å². The quantitative estimate of drug-likeness (QED) is 0.266. The lowest BCUT2D eigenvalue weighted by Gasteiger charge is -2.10. The molecule has 0 unspecified atom stereocenters. The Bertz CT molecular complexity index is 1510. The van der Waals surface area contributed by atoms with Crippen molar-refractivity contribution in [1.82, 2.24) is 29.8 Å². The molecule has 7 heteroatoms. The van der Waals surface area contributed by atoms with Gasteiger partial charge in [-0.15, -0.1) is 5.10 Å². The van der Waals surface area contributed by atoms with Crippen LogP contribution in [0.3, 0.4) is 0 Å². The molecule has 37 heavy (non-hydrogen) atoms. The maximum atomic E-state index is 13.7. The fourth-order valence-electron chi connectivity index (χ4n) is 4.84. The second kappa shape index (κ2) is 11.2. The molecular weight excluding hydrogens is 460 g/mol. The highest BCUT2D eigenvalue weighted by Crippen LogP contribution is 2.30. The Morgan fingerprint density at radius 1 is 0.838 bits per heavy atom. The summed E-state index contributed by atoms with van der Waals surface area (Å²) in [5, 5.41) is 14.4. The van der Waals surface area contributed by atoms with Crippen molar-refractivity contribution in [2.75, 3.05) is 0 Å².